The molecule has 0 radical (unpaired) electrons. The molecule has 1 N–H and O–H groups in total. The minimum atomic E-state index is -3.27. The summed E-state index contributed by atoms with van der Waals surface area (Å²) in [7, 11) is -3.27. The molecule has 6 nitrogen and oxygen atoms in total. The number of aromatic nitrogens is 1. The van der Waals surface area contributed by atoms with Crippen LogP contribution in [0.15, 0.2) is 35.4 Å². The van der Waals surface area contributed by atoms with E-state index in [1.54, 1.807) is 5.57 Å². The van der Waals surface area contributed by atoms with E-state index < -0.39 is 10.0 Å². The van der Waals surface area contributed by atoms with Crippen molar-refractivity contribution in [2.24, 2.45) is 0 Å². The Labute approximate surface area is 217 Å². The van der Waals surface area contributed by atoms with E-state index in [-0.39, 0.29) is 0 Å². The number of sulfonamides is 1. The van der Waals surface area contributed by atoms with Crippen molar-refractivity contribution in [2.45, 2.75) is 90.4 Å². The first-order valence-corrected chi connectivity index (χ1v) is 15.9. The van der Waals surface area contributed by atoms with E-state index in [4.69, 9.17) is 0 Å². The molecule has 2 saturated heterocycles. The fraction of sp³-hybridized carbons (Fsp3) is 0.655. The lowest BCUT2D eigenvalue weighted by Gasteiger charge is -2.41. The first-order valence-electron chi connectivity index (χ1n) is 14.0. The van der Waals surface area contributed by atoms with Crippen LogP contribution in [0.4, 0.5) is 0 Å². The van der Waals surface area contributed by atoms with Gasteiger partial charge in [-0.2, -0.15) is 0 Å². The number of hydrogen-bond donors (Lipinski definition) is 1. The van der Waals surface area contributed by atoms with Crippen molar-refractivity contribution in [2.75, 3.05) is 32.4 Å². The van der Waals surface area contributed by atoms with E-state index in [9.17, 15) is 8.42 Å². The maximum Gasteiger partial charge on any atom is 0.209 e. The Morgan fingerprint density at radius 2 is 1.61 bits per heavy atom. The third kappa shape index (κ3) is 5.74. The van der Waals surface area contributed by atoms with Crippen LogP contribution in [0.2, 0.25) is 0 Å². The van der Waals surface area contributed by atoms with Crippen LogP contribution in [0, 0.1) is 0 Å². The Kier molecular flexibility index (Phi) is 7.92. The second kappa shape index (κ2) is 11.0. The Bertz CT molecular complexity index is 1190. The van der Waals surface area contributed by atoms with Crippen LogP contribution in [-0.2, 0) is 23.1 Å². The Morgan fingerprint density at radius 1 is 0.944 bits per heavy atom. The van der Waals surface area contributed by atoms with Gasteiger partial charge in [-0.05, 0) is 89.9 Å². The van der Waals surface area contributed by atoms with Gasteiger partial charge in [-0.15, -0.1) is 0 Å². The van der Waals surface area contributed by atoms with E-state index in [2.05, 4.69) is 57.2 Å². The van der Waals surface area contributed by atoms with Gasteiger partial charge in [-0.25, -0.2) is 13.1 Å². The Morgan fingerprint density at radius 3 is 2.25 bits per heavy atom. The number of likely N-dealkylation sites (tertiary alicyclic amines) is 2. The van der Waals surface area contributed by atoms with E-state index in [1.165, 1.54) is 66.8 Å². The molecule has 1 aliphatic carbocycles. The standard InChI is InChI=1S/C29H44N4O2S/c1-22(2)23-10-12-24(13-11-23)32-18-14-25(15-19-32)33-28-9-5-4-8-26(28)27(21-31-16-6-7-17-31)29(33)20-30-36(3,34)35/h4-5,8-9,24-25,30H,6-7,10-21H2,1-3H3. The summed E-state index contributed by atoms with van der Waals surface area (Å²) in [6, 6.07) is 9.85. The molecule has 7 heteroatoms. The lowest BCUT2D eigenvalue weighted by molar-refractivity contribution is 0.116. The first-order chi connectivity index (χ1) is 17.3. The van der Waals surface area contributed by atoms with Gasteiger partial charge in [-0.3, -0.25) is 4.90 Å². The summed E-state index contributed by atoms with van der Waals surface area (Å²) >= 11 is 0. The van der Waals surface area contributed by atoms with Gasteiger partial charge in [0.1, 0.15) is 0 Å². The minimum Gasteiger partial charge on any atom is -0.340 e. The zero-order chi connectivity index (χ0) is 25.3. The summed E-state index contributed by atoms with van der Waals surface area (Å²) in [5.41, 5.74) is 6.94. The van der Waals surface area contributed by atoms with E-state index in [0.717, 1.165) is 51.3 Å². The van der Waals surface area contributed by atoms with Crippen LogP contribution in [-0.4, -0.2) is 61.3 Å². The molecule has 0 amide bonds. The highest BCUT2D eigenvalue weighted by Gasteiger charge is 2.31. The average Bonchev–Trinajstić information content (AvgIpc) is 3.49. The molecular formula is C29H44N4O2S. The summed E-state index contributed by atoms with van der Waals surface area (Å²) in [6.45, 7) is 10.3. The van der Waals surface area contributed by atoms with Crippen LogP contribution in [0.25, 0.3) is 10.9 Å². The normalized spacial score (nSPS) is 23.1. The number of hydrogen-bond acceptors (Lipinski definition) is 4. The van der Waals surface area contributed by atoms with Crippen molar-refractivity contribution in [3.05, 3.63) is 46.7 Å². The van der Waals surface area contributed by atoms with Crippen LogP contribution in [0.5, 0.6) is 0 Å². The fourth-order valence-corrected chi connectivity index (χ4v) is 7.26. The van der Waals surface area contributed by atoms with Gasteiger partial charge in [-0.1, -0.05) is 29.3 Å². The van der Waals surface area contributed by atoms with Crippen molar-refractivity contribution in [3.8, 4) is 0 Å². The molecule has 2 aromatic rings. The maximum atomic E-state index is 12.1. The van der Waals surface area contributed by atoms with Crippen molar-refractivity contribution in [3.63, 3.8) is 0 Å². The van der Waals surface area contributed by atoms with Gasteiger partial charge < -0.3 is 9.47 Å². The molecule has 5 rings (SSSR count). The predicted molar refractivity (Wildman–Crippen MR) is 149 cm³/mol. The van der Waals surface area contributed by atoms with Crippen molar-refractivity contribution in [1.29, 1.82) is 0 Å². The summed E-state index contributed by atoms with van der Waals surface area (Å²) in [6.07, 6.45) is 11.1. The molecule has 0 spiro atoms. The number of piperidine rings is 1. The number of rotatable bonds is 7. The molecule has 3 heterocycles. The second-order valence-corrected chi connectivity index (χ2v) is 13.3. The lowest BCUT2D eigenvalue weighted by Crippen LogP contribution is -2.43. The van der Waals surface area contributed by atoms with Gasteiger partial charge in [0.05, 0.1) is 12.8 Å². The molecular weight excluding hydrogens is 468 g/mol. The average molecular weight is 513 g/mol. The zero-order valence-corrected chi connectivity index (χ0v) is 23.2. The van der Waals surface area contributed by atoms with Gasteiger partial charge in [0.25, 0.3) is 0 Å². The first kappa shape index (κ1) is 26.0. The molecule has 1 aromatic carbocycles. The highest BCUT2D eigenvalue weighted by atomic mass is 32.2. The van der Waals surface area contributed by atoms with E-state index >= 15 is 0 Å². The van der Waals surface area contributed by atoms with Crippen molar-refractivity contribution >= 4 is 20.9 Å². The minimum absolute atomic E-state index is 0.366. The van der Waals surface area contributed by atoms with E-state index in [1.807, 2.05) is 0 Å². The van der Waals surface area contributed by atoms with Crippen LogP contribution in [0.3, 0.4) is 0 Å². The number of fused-ring (bicyclic) bond motifs is 1. The van der Waals surface area contributed by atoms with Gasteiger partial charge in [0, 0.05) is 48.3 Å². The summed E-state index contributed by atoms with van der Waals surface area (Å²) in [4.78, 5) is 5.27. The smallest absolute Gasteiger partial charge is 0.209 e. The number of para-hydroxylation sites is 1. The van der Waals surface area contributed by atoms with Crippen molar-refractivity contribution < 1.29 is 8.42 Å². The molecule has 2 aliphatic heterocycles. The molecule has 36 heavy (non-hydrogen) atoms. The predicted octanol–water partition coefficient (Wildman–Crippen LogP) is 5.20. The SMILES string of the molecule is CC(C)=C1CCC(N2CCC(n3c(CNS(C)(=O)=O)c(CN4CCCC4)c4ccccc43)CC2)CC1. The molecule has 0 atom stereocenters. The molecule has 1 aromatic heterocycles. The molecule has 3 aliphatic rings. The van der Waals surface area contributed by atoms with Crippen LogP contribution >= 0.6 is 0 Å². The highest BCUT2D eigenvalue weighted by Crippen LogP contribution is 2.37. The monoisotopic (exact) mass is 512 g/mol. The maximum absolute atomic E-state index is 12.1. The topological polar surface area (TPSA) is 57.6 Å². The summed E-state index contributed by atoms with van der Waals surface area (Å²) in [5.74, 6) is 0. The van der Waals surface area contributed by atoms with Crippen molar-refractivity contribution in [1.82, 2.24) is 19.1 Å². The summed E-state index contributed by atoms with van der Waals surface area (Å²) < 4.78 is 29.6. The zero-order valence-electron chi connectivity index (χ0n) is 22.4. The Balaban J connectivity index is 1.40. The largest absolute Gasteiger partial charge is 0.340 e. The number of benzene rings is 1. The highest BCUT2D eigenvalue weighted by molar-refractivity contribution is 7.88. The summed E-state index contributed by atoms with van der Waals surface area (Å²) in [5, 5.41) is 1.29. The number of nitrogens with zero attached hydrogens (tertiary/aromatic N) is 3. The second-order valence-electron chi connectivity index (χ2n) is 11.5. The molecule has 198 valence electrons. The quantitative estimate of drug-likeness (QED) is 0.518. The third-order valence-corrected chi connectivity index (χ3v) is 9.53. The fourth-order valence-electron chi connectivity index (χ4n) is 6.86. The van der Waals surface area contributed by atoms with Crippen LogP contribution in [0.1, 0.15) is 82.5 Å². The van der Waals surface area contributed by atoms with Crippen LogP contribution < -0.4 is 4.72 Å². The lowest BCUT2D eigenvalue weighted by atomic mass is 9.86. The number of nitrogens with one attached hydrogen (secondary N) is 1. The van der Waals surface area contributed by atoms with Gasteiger partial charge >= 0.3 is 0 Å². The molecule has 0 unspecified atom stereocenters. The molecule has 1 saturated carbocycles. The van der Waals surface area contributed by atoms with E-state index in [0.29, 0.717) is 18.6 Å². The Hall–Kier alpha value is -1.67. The third-order valence-electron chi connectivity index (χ3n) is 8.86. The van der Waals surface area contributed by atoms with Gasteiger partial charge in [0.2, 0.25) is 10.0 Å². The van der Waals surface area contributed by atoms with Gasteiger partial charge in [0.15, 0.2) is 0 Å². The molecule has 0 bridgehead atoms. The number of allylic oxidation sites excluding steroid dienone is 2. The molecule has 3 fully saturated rings.